The molecule has 0 saturated carbocycles. The number of hydrogen-bond donors (Lipinski definition) is 2. The summed E-state index contributed by atoms with van der Waals surface area (Å²) in [4.78, 5) is 0. The monoisotopic (exact) mass is 205 g/mol. The normalized spacial score (nSPS) is 10.5. The Balaban J connectivity index is 2.36. The van der Waals surface area contributed by atoms with Crippen molar-refractivity contribution in [3.05, 3.63) is 42.0 Å². The van der Waals surface area contributed by atoms with Gasteiger partial charge in [-0.2, -0.15) is 5.10 Å². The summed E-state index contributed by atoms with van der Waals surface area (Å²) >= 11 is 0. The van der Waals surface area contributed by atoms with Crippen LogP contribution < -0.4 is 5.32 Å². The van der Waals surface area contributed by atoms with E-state index >= 15 is 0 Å². The molecule has 2 aromatic rings. The SMILES string of the molecule is CNCc1[nH]ncc1-c1ccc(F)cc1. The Hall–Kier alpha value is -1.68. The van der Waals surface area contributed by atoms with Crippen LogP contribution in [0.5, 0.6) is 0 Å². The molecule has 1 aromatic carbocycles. The van der Waals surface area contributed by atoms with Gasteiger partial charge in [-0.15, -0.1) is 0 Å². The lowest BCUT2D eigenvalue weighted by atomic mass is 10.1. The van der Waals surface area contributed by atoms with Crippen LogP contribution in [-0.4, -0.2) is 17.2 Å². The smallest absolute Gasteiger partial charge is 0.123 e. The highest BCUT2D eigenvalue weighted by atomic mass is 19.1. The van der Waals surface area contributed by atoms with Gasteiger partial charge in [0.15, 0.2) is 0 Å². The fraction of sp³-hybridized carbons (Fsp3) is 0.182. The van der Waals surface area contributed by atoms with Crippen LogP contribution in [0.4, 0.5) is 4.39 Å². The number of H-pyrrole nitrogens is 1. The molecule has 0 bridgehead atoms. The minimum Gasteiger partial charge on any atom is -0.314 e. The van der Waals surface area contributed by atoms with Gasteiger partial charge in [0.25, 0.3) is 0 Å². The van der Waals surface area contributed by atoms with Crippen molar-refractivity contribution in [3.63, 3.8) is 0 Å². The lowest BCUT2D eigenvalue weighted by Crippen LogP contribution is -2.06. The predicted molar refractivity (Wildman–Crippen MR) is 56.7 cm³/mol. The molecule has 0 aliphatic carbocycles. The number of hydrogen-bond acceptors (Lipinski definition) is 2. The third-order valence-corrected chi connectivity index (χ3v) is 2.23. The maximum absolute atomic E-state index is 12.7. The Morgan fingerprint density at radius 3 is 2.73 bits per heavy atom. The summed E-state index contributed by atoms with van der Waals surface area (Å²) in [6.07, 6.45) is 1.75. The molecule has 0 saturated heterocycles. The van der Waals surface area contributed by atoms with Crippen molar-refractivity contribution in [2.45, 2.75) is 6.54 Å². The highest BCUT2D eigenvalue weighted by Crippen LogP contribution is 2.21. The number of aromatic nitrogens is 2. The van der Waals surface area contributed by atoms with Gasteiger partial charge in [0.1, 0.15) is 5.82 Å². The zero-order chi connectivity index (χ0) is 10.7. The van der Waals surface area contributed by atoms with E-state index in [1.165, 1.54) is 12.1 Å². The maximum atomic E-state index is 12.7. The van der Waals surface area contributed by atoms with Crippen LogP contribution in [0.25, 0.3) is 11.1 Å². The zero-order valence-corrected chi connectivity index (χ0v) is 8.42. The van der Waals surface area contributed by atoms with Gasteiger partial charge in [0.2, 0.25) is 0 Å². The summed E-state index contributed by atoms with van der Waals surface area (Å²) in [5.41, 5.74) is 2.98. The van der Waals surface area contributed by atoms with E-state index in [1.807, 2.05) is 7.05 Å². The van der Waals surface area contributed by atoms with Crippen LogP contribution in [0, 0.1) is 5.82 Å². The summed E-state index contributed by atoms with van der Waals surface area (Å²) in [5.74, 6) is -0.225. The topological polar surface area (TPSA) is 40.7 Å². The molecule has 0 spiro atoms. The molecule has 0 radical (unpaired) electrons. The third kappa shape index (κ3) is 2.05. The van der Waals surface area contributed by atoms with Gasteiger partial charge in [0.05, 0.1) is 11.9 Å². The lowest BCUT2D eigenvalue weighted by Gasteiger charge is -2.02. The van der Waals surface area contributed by atoms with E-state index in [9.17, 15) is 4.39 Å². The molecular formula is C11H12FN3. The molecule has 0 unspecified atom stereocenters. The van der Waals surface area contributed by atoms with E-state index < -0.39 is 0 Å². The average Bonchev–Trinajstić information content (AvgIpc) is 2.68. The predicted octanol–water partition coefficient (Wildman–Crippen LogP) is 1.94. The van der Waals surface area contributed by atoms with E-state index in [4.69, 9.17) is 0 Å². The largest absolute Gasteiger partial charge is 0.314 e. The molecule has 0 fully saturated rings. The summed E-state index contributed by atoms with van der Waals surface area (Å²) < 4.78 is 12.7. The highest BCUT2D eigenvalue weighted by molar-refractivity contribution is 5.64. The Kier molecular flexibility index (Phi) is 2.78. The van der Waals surface area contributed by atoms with Crippen molar-refractivity contribution in [2.75, 3.05) is 7.05 Å². The number of benzene rings is 1. The zero-order valence-electron chi connectivity index (χ0n) is 8.42. The van der Waals surface area contributed by atoms with Crippen molar-refractivity contribution in [3.8, 4) is 11.1 Å². The summed E-state index contributed by atoms with van der Waals surface area (Å²) in [6, 6.07) is 6.40. The fourth-order valence-corrected chi connectivity index (χ4v) is 1.50. The second kappa shape index (κ2) is 4.23. The average molecular weight is 205 g/mol. The first-order valence-electron chi connectivity index (χ1n) is 4.74. The number of rotatable bonds is 3. The summed E-state index contributed by atoms with van der Waals surface area (Å²) in [7, 11) is 1.87. The Morgan fingerprint density at radius 1 is 1.33 bits per heavy atom. The molecule has 3 nitrogen and oxygen atoms in total. The molecular weight excluding hydrogens is 193 g/mol. The van der Waals surface area contributed by atoms with Gasteiger partial charge in [-0.05, 0) is 24.7 Å². The lowest BCUT2D eigenvalue weighted by molar-refractivity contribution is 0.628. The molecule has 0 atom stereocenters. The molecule has 78 valence electrons. The molecule has 4 heteroatoms. The molecule has 1 heterocycles. The minimum absolute atomic E-state index is 0.225. The van der Waals surface area contributed by atoms with Gasteiger partial charge < -0.3 is 5.32 Å². The number of nitrogens with one attached hydrogen (secondary N) is 2. The van der Waals surface area contributed by atoms with Crippen LogP contribution >= 0.6 is 0 Å². The first kappa shape index (κ1) is 9.86. The minimum atomic E-state index is -0.225. The van der Waals surface area contributed by atoms with E-state index in [0.717, 1.165) is 16.8 Å². The van der Waals surface area contributed by atoms with Gasteiger partial charge >= 0.3 is 0 Å². The molecule has 15 heavy (non-hydrogen) atoms. The second-order valence-corrected chi connectivity index (χ2v) is 3.30. The molecule has 2 N–H and O–H groups in total. The van der Waals surface area contributed by atoms with Crippen LogP contribution in [0.2, 0.25) is 0 Å². The van der Waals surface area contributed by atoms with Gasteiger partial charge in [0, 0.05) is 12.1 Å². The second-order valence-electron chi connectivity index (χ2n) is 3.30. The van der Waals surface area contributed by atoms with Crippen molar-refractivity contribution in [2.24, 2.45) is 0 Å². The molecule has 0 amide bonds. The van der Waals surface area contributed by atoms with Crippen molar-refractivity contribution in [1.29, 1.82) is 0 Å². The maximum Gasteiger partial charge on any atom is 0.123 e. The van der Waals surface area contributed by atoms with E-state index in [2.05, 4.69) is 15.5 Å². The number of halogens is 1. The van der Waals surface area contributed by atoms with Crippen LogP contribution in [0.3, 0.4) is 0 Å². The first-order chi connectivity index (χ1) is 7.31. The highest BCUT2D eigenvalue weighted by Gasteiger charge is 2.06. The van der Waals surface area contributed by atoms with E-state index in [0.29, 0.717) is 6.54 Å². The number of aromatic amines is 1. The summed E-state index contributed by atoms with van der Waals surface area (Å²) in [6.45, 7) is 0.715. The fourth-order valence-electron chi connectivity index (χ4n) is 1.50. The standard InChI is InChI=1S/C11H12FN3/c1-13-7-11-10(6-14-15-11)8-2-4-9(12)5-3-8/h2-6,13H,7H2,1H3,(H,14,15). The third-order valence-electron chi connectivity index (χ3n) is 2.23. The van der Waals surface area contributed by atoms with Crippen LogP contribution in [0.1, 0.15) is 5.69 Å². The Morgan fingerprint density at radius 2 is 2.07 bits per heavy atom. The van der Waals surface area contributed by atoms with Crippen molar-refractivity contribution < 1.29 is 4.39 Å². The van der Waals surface area contributed by atoms with Crippen molar-refractivity contribution >= 4 is 0 Å². The quantitative estimate of drug-likeness (QED) is 0.803. The van der Waals surface area contributed by atoms with Crippen LogP contribution in [-0.2, 0) is 6.54 Å². The van der Waals surface area contributed by atoms with Gasteiger partial charge in [-0.25, -0.2) is 4.39 Å². The molecule has 0 aliphatic rings. The van der Waals surface area contributed by atoms with E-state index in [-0.39, 0.29) is 5.82 Å². The van der Waals surface area contributed by atoms with Crippen LogP contribution in [0.15, 0.2) is 30.5 Å². The Labute approximate surface area is 87.3 Å². The number of nitrogens with zero attached hydrogens (tertiary/aromatic N) is 1. The first-order valence-corrected chi connectivity index (χ1v) is 4.74. The summed E-state index contributed by atoms with van der Waals surface area (Å²) in [5, 5.41) is 9.94. The van der Waals surface area contributed by atoms with Gasteiger partial charge in [-0.1, -0.05) is 12.1 Å². The molecule has 0 aliphatic heterocycles. The molecule has 2 rings (SSSR count). The molecule has 1 aromatic heterocycles. The van der Waals surface area contributed by atoms with Gasteiger partial charge in [-0.3, -0.25) is 5.10 Å². The van der Waals surface area contributed by atoms with E-state index in [1.54, 1.807) is 18.3 Å². The van der Waals surface area contributed by atoms with Crippen molar-refractivity contribution in [1.82, 2.24) is 15.5 Å². The Bertz CT molecular complexity index is 433.